The van der Waals surface area contributed by atoms with Crippen molar-refractivity contribution in [1.29, 1.82) is 0 Å². The molecular formula is C12H23NO3S2. The molecule has 0 bridgehead atoms. The number of hydrogen-bond acceptors (Lipinski definition) is 4. The average Bonchev–Trinajstić information content (AvgIpc) is 2.32. The fourth-order valence-electron chi connectivity index (χ4n) is 2.12. The minimum Gasteiger partial charge on any atom is -0.316 e. The van der Waals surface area contributed by atoms with Gasteiger partial charge in [-0.25, -0.2) is 0 Å². The Kier molecular flexibility index (Phi) is 7.97. The monoisotopic (exact) mass is 293 g/mol. The minimum atomic E-state index is -3.87. The van der Waals surface area contributed by atoms with Crippen LogP contribution in [-0.2, 0) is 9.15 Å². The summed E-state index contributed by atoms with van der Waals surface area (Å²) >= 11 is 0. The van der Waals surface area contributed by atoms with E-state index in [1.807, 2.05) is 0 Å². The van der Waals surface area contributed by atoms with E-state index in [9.17, 15) is 8.42 Å². The summed E-state index contributed by atoms with van der Waals surface area (Å²) in [5, 5.41) is 3.18. The lowest BCUT2D eigenvalue weighted by atomic mass is 9.91. The summed E-state index contributed by atoms with van der Waals surface area (Å²) in [6, 6.07) is 0. The molecule has 106 valence electrons. The first-order chi connectivity index (χ1) is 8.58. The summed E-state index contributed by atoms with van der Waals surface area (Å²) < 4.78 is 29.4. The van der Waals surface area contributed by atoms with Crippen molar-refractivity contribution in [2.45, 2.75) is 38.5 Å². The first-order valence-electron chi connectivity index (χ1n) is 6.57. The third-order valence-electron chi connectivity index (χ3n) is 3.04. The van der Waals surface area contributed by atoms with Gasteiger partial charge in [-0.15, -0.1) is 0 Å². The Morgan fingerprint density at radius 3 is 2.83 bits per heavy atom. The van der Waals surface area contributed by atoms with E-state index in [0.717, 1.165) is 18.9 Å². The van der Waals surface area contributed by atoms with Gasteiger partial charge in [-0.05, 0) is 55.4 Å². The lowest BCUT2D eigenvalue weighted by Gasteiger charge is -2.15. The molecule has 0 heterocycles. The van der Waals surface area contributed by atoms with E-state index in [2.05, 4.69) is 17.5 Å². The van der Waals surface area contributed by atoms with E-state index >= 15 is 0 Å². The second-order valence-electron chi connectivity index (χ2n) is 4.61. The third kappa shape index (κ3) is 8.97. The van der Waals surface area contributed by atoms with Gasteiger partial charge in [0.15, 0.2) is 0 Å². The topological polar surface area (TPSA) is 66.4 Å². The van der Waals surface area contributed by atoms with Crippen molar-refractivity contribution in [3.8, 4) is 0 Å². The van der Waals surface area contributed by atoms with Gasteiger partial charge in [0.05, 0.1) is 0 Å². The summed E-state index contributed by atoms with van der Waals surface area (Å²) in [5.74, 6) is 1.17. The van der Waals surface area contributed by atoms with Gasteiger partial charge in [-0.2, -0.15) is 8.42 Å². The molecule has 1 rings (SSSR count). The lowest BCUT2D eigenvalue weighted by molar-refractivity contribution is 0.475. The standard InChI is InChI=1S/C12H23NO3S2/c14-18(15,16)17-11-10-13-9-5-4-8-12-6-2-1-3-7-12/h2,6,12-13H,1,3-5,7-11H2,(H,14,15,16). The molecule has 0 aromatic carbocycles. The van der Waals surface area contributed by atoms with E-state index in [1.165, 1.54) is 32.1 Å². The van der Waals surface area contributed by atoms with Crippen molar-refractivity contribution in [2.75, 3.05) is 18.8 Å². The quantitative estimate of drug-likeness (QED) is 0.296. The largest absolute Gasteiger partial charge is 0.319 e. The van der Waals surface area contributed by atoms with Crippen molar-refractivity contribution in [2.24, 2.45) is 5.92 Å². The van der Waals surface area contributed by atoms with Crippen LogP contribution >= 0.6 is 10.8 Å². The predicted octanol–water partition coefficient (Wildman–Crippen LogP) is 2.64. The molecule has 1 unspecified atom stereocenters. The number of nitrogens with one attached hydrogen (secondary N) is 1. The fourth-order valence-corrected chi connectivity index (χ4v) is 3.44. The van der Waals surface area contributed by atoms with Gasteiger partial charge >= 0.3 is 9.15 Å². The Morgan fingerprint density at radius 2 is 2.17 bits per heavy atom. The van der Waals surface area contributed by atoms with Crippen molar-refractivity contribution in [1.82, 2.24) is 5.32 Å². The van der Waals surface area contributed by atoms with Gasteiger partial charge in [0.25, 0.3) is 0 Å². The van der Waals surface area contributed by atoms with Crippen molar-refractivity contribution in [3.63, 3.8) is 0 Å². The van der Waals surface area contributed by atoms with E-state index in [0.29, 0.717) is 23.1 Å². The summed E-state index contributed by atoms with van der Waals surface area (Å²) in [6.07, 6.45) is 12.1. The molecule has 0 aromatic heterocycles. The molecule has 18 heavy (non-hydrogen) atoms. The highest BCUT2D eigenvalue weighted by atomic mass is 33.1. The van der Waals surface area contributed by atoms with Crippen LogP contribution in [0.2, 0.25) is 0 Å². The first kappa shape index (κ1) is 16.0. The molecular weight excluding hydrogens is 270 g/mol. The van der Waals surface area contributed by atoms with E-state index in [4.69, 9.17) is 4.55 Å². The molecule has 0 amide bonds. The molecule has 0 aliphatic heterocycles. The maximum absolute atomic E-state index is 10.4. The van der Waals surface area contributed by atoms with Crippen LogP contribution in [-0.4, -0.2) is 31.8 Å². The zero-order chi connectivity index (χ0) is 13.3. The van der Waals surface area contributed by atoms with Crippen LogP contribution in [0.4, 0.5) is 0 Å². The molecule has 0 radical (unpaired) electrons. The van der Waals surface area contributed by atoms with Crippen LogP contribution < -0.4 is 5.32 Å². The summed E-state index contributed by atoms with van der Waals surface area (Å²) in [6.45, 7) is 1.54. The molecule has 1 atom stereocenters. The molecule has 1 aliphatic carbocycles. The molecule has 6 heteroatoms. The summed E-state index contributed by atoms with van der Waals surface area (Å²) in [7, 11) is -3.29. The maximum Gasteiger partial charge on any atom is 0.319 e. The highest BCUT2D eigenvalue weighted by Gasteiger charge is 2.07. The zero-order valence-corrected chi connectivity index (χ0v) is 12.3. The van der Waals surface area contributed by atoms with Gasteiger partial charge < -0.3 is 5.32 Å². The number of rotatable bonds is 9. The summed E-state index contributed by atoms with van der Waals surface area (Å²) in [4.78, 5) is 0. The van der Waals surface area contributed by atoms with E-state index in [1.54, 1.807) is 0 Å². The number of unbranched alkanes of at least 4 members (excludes halogenated alkanes) is 1. The van der Waals surface area contributed by atoms with Gasteiger partial charge in [0.2, 0.25) is 0 Å². The van der Waals surface area contributed by atoms with Crippen LogP contribution in [0.15, 0.2) is 12.2 Å². The van der Waals surface area contributed by atoms with E-state index in [-0.39, 0.29) is 0 Å². The normalized spacial score (nSPS) is 20.2. The van der Waals surface area contributed by atoms with Crippen LogP contribution in [0.25, 0.3) is 0 Å². The van der Waals surface area contributed by atoms with Crippen LogP contribution in [0.5, 0.6) is 0 Å². The molecule has 0 aromatic rings. The SMILES string of the molecule is O=S(=O)(O)SCCNCCCCC1C=CCCC1. The molecule has 2 N–H and O–H groups in total. The zero-order valence-electron chi connectivity index (χ0n) is 10.7. The Bertz CT molecular complexity index is 341. The third-order valence-corrected chi connectivity index (χ3v) is 5.11. The Morgan fingerprint density at radius 1 is 1.33 bits per heavy atom. The number of allylic oxidation sites excluding steroid dienone is 2. The summed E-state index contributed by atoms with van der Waals surface area (Å²) in [5.41, 5.74) is 0. The average molecular weight is 293 g/mol. The van der Waals surface area contributed by atoms with Gasteiger partial charge in [0.1, 0.15) is 0 Å². The van der Waals surface area contributed by atoms with Crippen molar-refractivity contribution < 1.29 is 13.0 Å². The van der Waals surface area contributed by atoms with Gasteiger partial charge in [0, 0.05) is 12.3 Å². The first-order valence-corrected chi connectivity index (χ1v) is 9.51. The van der Waals surface area contributed by atoms with Crippen LogP contribution in [0.1, 0.15) is 38.5 Å². The maximum atomic E-state index is 10.4. The molecule has 4 nitrogen and oxygen atoms in total. The smallest absolute Gasteiger partial charge is 0.316 e. The minimum absolute atomic E-state index is 0.393. The predicted molar refractivity (Wildman–Crippen MR) is 77.2 cm³/mol. The van der Waals surface area contributed by atoms with Crippen LogP contribution in [0.3, 0.4) is 0 Å². The molecule has 0 saturated carbocycles. The molecule has 0 saturated heterocycles. The second kappa shape index (κ2) is 8.96. The van der Waals surface area contributed by atoms with Crippen molar-refractivity contribution in [3.05, 3.63) is 12.2 Å². The molecule has 0 spiro atoms. The Hall–Kier alpha value is -0.0400. The second-order valence-corrected chi connectivity index (χ2v) is 8.08. The van der Waals surface area contributed by atoms with Gasteiger partial charge in [-0.1, -0.05) is 18.6 Å². The Balaban J connectivity index is 1.87. The lowest BCUT2D eigenvalue weighted by Crippen LogP contribution is -2.19. The highest BCUT2D eigenvalue weighted by Crippen LogP contribution is 2.21. The Labute approximate surface area is 114 Å². The highest BCUT2D eigenvalue weighted by molar-refractivity contribution is 8.69. The molecule has 1 aliphatic rings. The molecule has 0 fully saturated rings. The number of hydrogen-bond donors (Lipinski definition) is 2. The van der Waals surface area contributed by atoms with Crippen LogP contribution in [0, 0.1) is 5.92 Å². The van der Waals surface area contributed by atoms with Crippen molar-refractivity contribution >= 4 is 19.9 Å². The fraction of sp³-hybridized carbons (Fsp3) is 0.833. The van der Waals surface area contributed by atoms with E-state index < -0.39 is 9.15 Å². The van der Waals surface area contributed by atoms with Gasteiger partial charge in [-0.3, -0.25) is 4.55 Å².